The maximum atomic E-state index is 12.7. The average molecular weight is 445 g/mol. The molecule has 6 nitrogen and oxygen atoms in total. The van der Waals surface area contributed by atoms with Gasteiger partial charge >= 0.3 is 5.97 Å². The van der Waals surface area contributed by atoms with Gasteiger partial charge in [0.05, 0.1) is 31.5 Å². The van der Waals surface area contributed by atoms with Gasteiger partial charge in [-0.15, -0.1) is 0 Å². The Morgan fingerprint density at radius 3 is 2.06 bits per heavy atom. The van der Waals surface area contributed by atoms with Crippen molar-refractivity contribution in [3.8, 4) is 5.75 Å². The van der Waals surface area contributed by atoms with Crippen LogP contribution in [0.25, 0.3) is 0 Å². The van der Waals surface area contributed by atoms with Gasteiger partial charge in [-0.2, -0.15) is 0 Å². The Morgan fingerprint density at radius 1 is 0.875 bits per heavy atom. The molecule has 4 aliphatic rings. The summed E-state index contributed by atoms with van der Waals surface area (Å²) in [6, 6.07) is 5.54. The fraction of sp³-hybridized carbons (Fsp3) is 0.731. The number of rotatable bonds is 9. The Labute approximate surface area is 190 Å². The third-order valence-corrected chi connectivity index (χ3v) is 7.54. The van der Waals surface area contributed by atoms with Gasteiger partial charge in [0.2, 0.25) is 0 Å². The summed E-state index contributed by atoms with van der Waals surface area (Å²) in [6.07, 6.45) is 10.2. The molecular formula is C26H36O6. The smallest absolute Gasteiger partial charge is 0.338 e. The van der Waals surface area contributed by atoms with Crippen LogP contribution in [0.1, 0.15) is 67.3 Å². The summed E-state index contributed by atoms with van der Waals surface area (Å²) < 4.78 is 28.0. The van der Waals surface area contributed by atoms with Gasteiger partial charge < -0.3 is 23.7 Å². The summed E-state index contributed by atoms with van der Waals surface area (Å²) in [5.41, 5.74) is 1.56. The van der Waals surface area contributed by atoms with E-state index in [0.717, 1.165) is 55.8 Å². The van der Waals surface area contributed by atoms with E-state index in [2.05, 4.69) is 0 Å². The standard InChI is InChI=1S/C26H36O6/c1-17-12-20(6-11-25(17)31-16-24-15-30-24)26(27)32-22-9-4-19(5-10-22)18-2-7-21(8-3-18)28-13-23-14-29-23/h6,11-12,18-19,21-24H,2-5,7-10,13-16H2,1H3. The molecule has 0 aromatic heterocycles. The molecule has 2 atom stereocenters. The number of hydrogen-bond acceptors (Lipinski definition) is 6. The third-order valence-electron chi connectivity index (χ3n) is 7.54. The van der Waals surface area contributed by atoms with Crippen LogP contribution in [0.2, 0.25) is 0 Å². The van der Waals surface area contributed by atoms with Crippen LogP contribution in [-0.4, -0.2) is 56.8 Å². The molecule has 176 valence electrons. The lowest BCUT2D eigenvalue weighted by molar-refractivity contribution is -0.00857. The van der Waals surface area contributed by atoms with E-state index >= 15 is 0 Å². The second-order valence-corrected chi connectivity index (χ2v) is 10.0. The van der Waals surface area contributed by atoms with E-state index in [0.29, 0.717) is 24.4 Å². The summed E-state index contributed by atoms with van der Waals surface area (Å²) >= 11 is 0. The number of ether oxygens (including phenoxy) is 5. The second kappa shape index (κ2) is 10.1. The first-order chi connectivity index (χ1) is 15.6. The number of hydrogen-bond donors (Lipinski definition) is 0. The number of carbonyl (C=O) groups excluding carboxylic acids is 1. The third kappa shape index (κ3) is 6.03. The first-order valence-corrected chi connectivity index (χ1v) is 12.4. The highest BCUT2D eigenvalue weighted by Crippen LogP contribution is 2.40. The van der Waals surface area contributed by atoms with Crippen molar-refractivity contribution in [1.82, 2.24) is 0 Å². The second-order valence-electron chi connectivity index (χ2n) is 10.0. The summed E-state index contributed by atoms with van der Waals surface area (Å²) in [4.78, 5) is 12.7. The van der Waals surface area contributed by atoms with E-state index < -0.39 is 0 Å². The van der Waals surface area contributed by atoms with Crippen LogP contribution in [0.4, 0.5) is 0 Å². The van der Waals surface area contributed by atoms with Crippen LogP contribution < -0.4 is 4.74 Å². The van der Waals surface area contributed by atoms with E-state index in [1.807, 2.05) is 19.1 Å². The lowest BCUT2D eigenvalue weighted by Crippen LogP contribution is -2.31. The van der Waals surface area contributed by atoms with E-state index in [4.69, 9.17) is 23.7 Å². The molecule has 0 spiro atoms. The molecule has 2 heterocycles. The molecule has 2 aliphatic heterocycles. The molecule has 4 fully saturated rings. The van der Waals surface area contributed by atoms with Crippen molar-refractivity contribution in [1.29, 1.82) is 0 Å². The van der Waals surface area contributed by atoms with E-state index in [-0.39, 0.29) is 18.2 Å². The minimum Gasteiger partial charge on any atom is -0.491 e. The molecule has 0 amide bonds. The first kappa shape index (κ1) is 22.2. The summed E-state index contributed by atoms with van der Waals surface area (Å²) in [6.45, 7) is 4.95. The monoisotopic (exact) mass is 444 g/mol. The number of benzene rings is 1. The van der Waals surface area contributed by atoms with Crippen molar-refractivity contribution in [2.24, 2.45) is 11.8 Å². The van der Waals surface area contributed by atoms with Crippen molar-refractivity contribution in [2.75, 3.05) is 26.4 Å². The fourth-order valence-corrected chi connectivity index (χ4v) is 5.32. The number of esters is 1. The number of aryl methyl sites for hydroxylation is 1. The van der Waals surface area contributed by atoms with E-state index in [9.17, 15) is 4.79 Å². The van der Waals surface area contributed by atoms with Crippen molar-refractivity contribution in [3.63, 3.8) is 0 Å². The molecule has 32 heavy (non-hydrogen) atoms. The summed E-state index contributed by atoms with van der Waals surface area (Å²) in [7, 11) is 0. The normalized spacial score (nSPS) is 34.0. The quantitative estimate of drug-likeness (QED) is 0.414. The SMILES string of the molecule is Cc1cc(C(=O)OC2CCC(C3CCC(OCC4CO4)CC3)CC2)ccc1OCC1CO1. The van der Waals surface area contributed by atoms with Crippen molar-refractivity contribution in [2.45, 2.75) is 82.7 Å². The van der Waals surface area contributed by atoms with Crippen LogP contribution in [0.5, 0.6) is 5.75 Å². The van der Waals surface area contributed by atoms with E-state index in [1.165, 1.54) is 38.5 Å². The highest BCUT2D eigenvalue weighted by molar-refractivity contribution is 5.90. The lowest BCUT2D eigenvalue weighted by atomic mass is 9.72. The molecule has 1 aromatic carbocycles. The maximum Gasteiger partial charge on any atom is 0.338 e. The summed E-state index contributed by atoms with van der Waals surface area (Å²) in [5.74, 6) is 2.16. The highest BCUT2D eigenvalue weighted by atomic mass is 16.6. The van der Waals surface area contributed by atoms with Crippen LogP contribution in [0.3, 0.4) is 0 Å². The zero-order valence-electron chi connectivity index (χ0n) is 19.1. The van der Waals surface area contributed by atoms with Gasteiger partial charge in [-0.1, -0.05) is 0 Å². The molecule has 2 saturated heterocycles. The van der Waals surface area contributed by atoms with Crippen molar-refractivity contribution < 1.29 is 28.5 Å². The van der Waals surface area contributed by atoms with Gasteiger partial charge in [0.1, 0.15) is 30.7 Å². The van der Waals surface area contributed by atoms with Crippen LogP contribution in [-0.2, 0) is 18.9 Å². The largest absolute Gasteiger partial charge is 0.491 e. The Kier molecular flexibility index (Phi) is 7.00. The van der Waals surface area contributed by atoms with Crippen LogP contribution >= 0.6 is 0 Å². The predicted octanol–water partition coefficient (Wildman–Crippen LogP) is 4.46. The Morgan fingerprint density at radius 2 is 1.47 bits per heavy atom. The van der Waals surface area contributed by atoms with Gasteiger partial charge in [-0.3, -0.25) is 0 Å². The lowest BCUT2D eigenvalue weighted by Gasteiger charge is -2.37. The average Bonchev–Trinajstić information content (AvgIpc) is 3.73. The Bertz CT molecular complexity index is 771. The van der Waals surface area contributed by atoms with Gasteiger partial charge in [0, 0.05) is 0 Å². The molecule has 0 N–H and O–H groups in total. The zero-order chi connectivity index (χ0) is 21.9. The minimum atomic E-state index is -0.217. The molecule has 6 heteroatoms. The fourth-order valence-electron chi connectivity index (χ4n) is 5.32. The van der Waals surface area contributed by atoms with Gasteiger partial charge in [0.15, 0.2) is 0 Å². The van der Waals surface area contributed by atoms with Crippen LogP contribution in [0, 0.1) is 18.8 Å². The number of epoxide rings is 2. The van der Waals surface area contributed by atoms with Gasteiger partial charge in [-0.25, -0.2) is 4.79 Å². The van der Waals surface area contributed by atoms with Crippen molar-refractivity contribution >= 4 is 5.97 Å². The van der Waals surface area contributed by atoms with Crippen LogP contribution in [0.15, 0.2) is 18.2 Å². The Balaban J connectivity index is 1.03. The zero-order valence-corrected chi connectivity index (χ0v) is 19.1. The van der Waals surface area contributed by atoms with Gasteiger partial charge in [-0.05, 0) is 93.9 Å². The molecule has 2 unspecified atom stereocenters. The predicted molar refractivity (Wildman–Crippen MR) is 119 cm³/mol. The highest BCUT2D eigenvalue weighted by Gasteiger charge is 2.33. The Hall–Kier alpha value is -1.63. The summed E-state index contributed by atoms with van der Waals surface area (Å²) in [5, 5.41) is 0. The molecular weight excluding hydrogens is 408 g/mol. The van der Waals surface area contributed by atoms with Gasteiger partial charge in [0.25, 0.3) is 0 Å². The maximum absolute atomic E-state index is 12.7. The number of carbonyl (C=O) groups is 1. The first-order valence-electron chi connectivity index (χ1n) is 12.4. The minimum absolute atomic E-state index is 0.0419. The molecule has 0 bridgehead atoms. The van der Waals surface area contributed by atoms with Crippen molar-refractivity contribution in [3.05, 3.63) is 29.3 Å². The molecule has 5 rings (SSSR count). The molecule has 0 radical (unpaired) electrons. The van der Waals surface area contributed by atoms with E-state index in [1.54, 1.807) is 6.07 Å². The molecule has 1 aromatic rings. The topological polar surface area (TPSA) is 69.8 Å². The molecule has 2 saturated carbocycles. The molecule has 2 aliphatic carbocycles.